The van der Waals surface area contributed by atoms with Crippen LogP contribution < -0.4 is 0 Å². The summed E-state index contributed by atoms with van der Waals surface area (Å²) in [5, 5.41) is 0. The summed E-state index contributed by atoms with van der Waals surface area (Å²) in [6.07, 6.45) is 12.5. The highest BCUT2D eigenvalue weighted by atomic mass is 16.5. The first kappa shape index (κ1) is 20.6. The highest BCUT2D eigenvalue weighted by Gasteiger charge is 2.44. The summed E-state index contributed by atoms with van der Waals surface area (Å²) < 4.78 is 11.5. The number of morpholine rings is 1. The van der Waals surface area contributed by atoms with E-state index in [2.05, 4.69) is 23.6 Å². The van der Waals surface area contributed by atoms with Crippen LogP contribution in [-0.2, 0) is 14.3 Å². The molecule has 0 aromatic heterocycles. The zero-order chi connectivity index (χ0) is 19.6. The van der Waals surface area contributed by atoms with Gasteiger partial charge in [0.1, 0.15) is 6.61 Å². The van der Waals surface area contributed by atoms with Gasteiger partial charge in [-0.15, -0.1) is 0 Å². The maximum atomic E-state index is 12.7. The molecule has 0 unspecified atom stereocenters. The molecule has 0 bridgehead atoms. The lowest BCUT2D eigenvalue weighted by Gasteiger charge is -2.52. The molecule has 2 aliphatic heterocycles. The molecule has 4 aliphatic rings. The number of carbonyl (C=O) groups excluding carboxylic acids is 1. The Balaban J connectivity index is 1.31. The molecule has 5 heteroatoms. The van der Waals surface area contributed by atoms with E-state index in [1.54, 1.807) is 0 Å². The molecule has 4 rings (SSSR count). The standard InChI is InChI=1S/C23H40N2O3/c1-3-27-16-18-8-12-23(2,13-9-18)24-14-10-19(11-15-24)25-20-6-4-5-7-21(20)28-17-22(25)26/h18-21H,3-17H2,1-2H3/t18?,20-,21-,23?/m0/s1. The predicted octanol–water partition coefficient (Wildman–Crippen LogP) is 3.61. The Kier molecular flexibility index (Phi) is 6.63. The Labute approximate surface area is 171 Å². The van der Waals surface area contributed by atoms with Crippen LogP contribution in [0.2, 0.25) is 0 Å². The van der Waals surface area contributed by atoms with Gasteiger partial charge in [0, 0.05) is 37.9 Å². The van der Waals surface area contributed by atoms with E-state index >= 15 is 0 Å². The molecule has 5 nitrogen and oxygen atoms in total. The third-order valence-electron chi connectivity index (χ3n) is 8.10. The van der Waals surface area contributed by atoms with Crippen molar-refractivity contribution in [3.8, 4) is 0 Å². The molecule has 2 saturated heterocycles. The number of amides is 1. The molecule has 4 fully saturated rings. The fourth-order valence-electron chi connectivity index (χ4n) is 6.25. The summed E-state index contributed by atoms with van der Waals surface area (Å²) in [6, 6.07) is 0.771. The molecule has 0 spiro atoms. The van der Waals surface area contributed by atoms with E-state index in [0.717, 1.165) is 57.9 Å². The van der Waals surface area contributed by atoms with Gasteiger partial charge in [-0.1, -0.05) is 12.8 Å². The first-order chi connectivity index (χ1) is 13.6. The number of likely N-dealkylation sites (tertiary alicyclic amines) is 1. The van der Waals surface area contributed by atoms with Gasteiger partial charge < -0.3 is 14.4 Å². The largest absolute Gasteiger partial charge is 0.381 e. The molecule has 2 atom stereocenters. The number of fused-ring (bicyclic) bond motifs is 1. The first-order valence-corrected chi connectivity index (χ1v) is 11.9. The van der Waals surface area contributed by atoms with Crippen molar-refractivity contribution in [2.75, 3.05) is 32.9 Å². The van der Waals surface area contributed by atoms with Gasteiger partial charge in [-0.05, 0) is 71.1 Å². The average Bonchev–Trinajstić information content (AvgIpc) is 2.73. The molecule has 0 aromatic carbocycles. The Morgan fingerprint density at radius 1 is 1.07 bits per heavy atom. The molecule has 160 valence electrons. The summed E-state index contributed by atoms with van der Waals surface area (Å²) in [5.41, 5.74) is 0.343. The maximum absolute atomic E-state index is 12.7. The fraction of sp³-hybridized carbons (Fsp3) is 0.957. The fourth-order valence-corrected chi connectivity index (χ4v) is 6.25. The Hall–Kier alpha value is -0.650. The van der Waals surface area contributed by atoms with Gasteiger partial charge in [0.2, 0.25) is 5.91 Å². The molecule has 2 heterocycles. The second kappa shape index (κ2) is 9.01. The van der Waals surface area contributed by atoms with E-state index in [0.29, 0.717) is 30.3 Å². The van der Waals surface area contributed by atoms with Gasteiger partial charge in [-0.2, -0.15) is 0 Å². The minimum Gasteiger partial charge on any atom is -0.381 e. The first-order valence-electron chi connectivity index (χ1n) is 11.9. The van der Waals surface area contributed by atoms with E-state index in [9.17, 15) is 4.79 Å². The number of carbonyl (C=O) groups is 1. The van der Waals surface area contributed by atoms with E-state index in [-0.39, 0.29) is 5.91 Å². The third kappa shape index (κ3) is 4.27. The summed E-state index contributed by atoms with van der Waals surface area (Å²) in [7, 11) is 0. The summed E-state index contributed by atoms with van der Waals surface area (Å²) >= 11 is 0. The predicted molar refractivity (Wildman–Crippen MR) is 110 cm³/mol. The van der Waals surface area contributed by atoms with Gasteiger partial charge >= 0.3 is 0 Å². The van der Waals surface area contributed by atoms with Crippen molar-refractivity contribution in [2.24, 2.45) is 5.92 Å². The van der Waals surface area contributed by atoms with Crippen LogP contribution >= 0.6 is 0 Å². The lowest BCUT2D eigenvalue weighted by Crippen LogP contribution is -2.62. The molecule has 28 heavy (non-hydrogen) atoms. The van der Waals surface area contributed by atoms with Crippen LogP contribution in [-0.4, -0.2) is 72.3 Å². The highest BCUT2D eigenvalue weighted by molar-refractivity contribution is 5.79. The smallest absolute Gasteiger partial charge is 0.249 e. The zero-order valence-corrected chi connectivity index (χ0v) is 18.0. The van der Waals surface area contributed by atoms with Crippen molar-refractivity contribution in [2.45, 2.75) is 102 Å². The van der Waals surface area contributed by atoms with Crippen LogP contribution in [0.15, 0.2) is 0 Å². The van der Waals surface area contributed by atoms with Gasteiger partial charge in [0.05, 0.1) is 12.1 Å². The van der Waals surface area contributed by atoms with Gasteiger partial charge in [0.15, 0.2) is 0 Å². The van der Waals surface area contributed by atoms with Crippen molar-refractivity contribution < 1.29 is 14.3 Å². The molecular formula is C23H40N2O3. The maximum Gasteiger partial charge on any atom is 0.249 e. The number of piperidine rings is 1. The third-order valence-corrected chi connectivity index (χ3v) is 8.10. The van der Waals surface area contributed by atoms with Crippen molar-refractivity contribution in [3.05, 3.63) is 0 Å². The normalized spacial score (nSPS) is 38.4. The highest BCUT2D eigenvalue weighted by Crippen LogP contribution is 2.39. The number of rotatable bonds is 5. The lowest BCUT2D eigenvalue weighted by molar-refractivity contribution is -0.167. The van der Waals surface area contributed by atoms with E-state index < -0.39 is 0 Å². The lowest BCUT2D eigenvalue weighted by atomic mass is 9.76. The van der Waals surface area contributed by atoms with Crippen molar-refractivity contribution in [1.29, 1.82) is 0 Å². The summed E-state index contributed by atoms with van der Waals surface area (Å²) in [5.74, 6) is 0.990. The SMILES string of the molecule is CCOCC1CCC(C)(N2CCC(N3C(=O)CO[C@H]4CCCC[C@@H]43)CC2)CC1. The van der Waals surface area contributed by atoms with Crippen molar-refractivity contribution in [3.63, 3.8) is 0 Å². The van der Waals surface area contributed by atoms with Crippen LogP contribution in [0.4, 0.5) is 0 Å². The average molecular weight is 393 g/mol. The van der Waals surface area contributed by atoms with E-state index in [1.165, 1.54) is 38.5 Å². The number of hydrogen-bond donors (Lipinski definition) is 0. The van der Waals surface area contributed by atoms with Gasteiger partial charge in [-0.3, -0.25) is 9.69 Å². The van der Waals surface area contributed by atoms with Crippen LogP contribution in [0.25, 0.3) is 0 Å². The topological polar surface area (TPSA) is 42.0 Å². The Morgan fingerprint density at radius 3 is 2.50 bits per heavy atom. The number of nitrogens with zero attached hydrogens (tertiary/aromatic N) is 2. The van der Waals surface area contributed by atoms with Crippen LogP contribution in [0.5, 0.6) is 0 Å². The van der Waals surface area contributed by atoms with Crippen LogP contribution in [0, 0.1) is 5.92 Å². The minimum absolute atomic E-state index is 0.240. The van der Waals surface area contributed by atoms with E-state index in [4.69, 9.17) is 9.47 Å². The number of hydrogen-bond acceptors (Lipinski definition) is 4. The summed E-state index contributed by atoms with van der Waals surface area (Å²) in [6.45, 7) is 8.92. The minimum atomic E-state index is 0.240. The Bertz CT molecular complexity index is 524. The Morgan fingerprint density at radius 2 is 1.79 bits per heavy atom. The molecule has 1 amide bonds. The summed E-state index contributed by atoms with van der Waals surface area (Å²) in [4.78, 5) is 17.7. The second-order valence-corrected chi connectivity index (χ2v) is 9.82. The molecule has 2 saturated carbocycles. The molecular weight excluding hydrogens is 352 g/mol. The molecule has 0 aromatic rings. The quantitative estimate of drug-likeness (QED) is 0.717. The monoisotopic (exact) mass is 392 g/mol. The molecule has 0 radical (unpaired) electrons. The van der Waals surface area contributed by atoms with Gasteiger partial charge in [-0.25, -0.2) is 0 Å². The van der Waals surface area contributed by atoms with Crippen molar-refractivity contribution in [1.82, 2.24) is 9.80 Å². The van der Waals surface area contributed by atoms with E-state index in [1.807, 2.05) is 0 Å². The number of ether oxygens (including phenoxy) is 2. The molecule has 0 N–H and O–H groups in total. The van der Waals surface area contributed by atoms with Gasteiger partial charge in [0.25, 0.3) is 0 Å². The van der Waals surface area contributed by atoms with Crippen LogP contribution in [0.1, 0.15) is 78.1 Å². The second-order valence-electron chi connectivity index (χ2n) is 9.82. The van der Waals surface area contributed by atoms with Crippen molar-refractivity contribution >= 4 is 5.91 Å². The zero-order valence-electron chi connectivity index (χ0n) is 18.0. The van der Waals surface area contributed by atoms with Crippen LogP contribution in [0.3, 0.4) is 0 Å². The molecule has 2 aliphatic carbocycles.